The van der Waals surface area contributed by atoms with Gasteiger partial charge in [0.25, 0.3) is 5.91 Å². The van der Waals surface area contributed by atoms with E-state index in [2.05, 4.69) is 10.6 Å². The number of rotatable bonds is 6. The minimum atomic E-state index is -0.836. The van der Waals surface area contributed by atoms with Crippen LogP contribution in [-0.2, 0) is 11.3 Å². The van der Waals surface area contributed by atoms with Crippen molar-refractivity contribution in [3.05, 3.63) is 102 Å². The molecule has 2 N–H and O–H groups in total. The fraction of sp³-hybridized carbons (Fsp3) is 0.200. The Morgan fingerprint density at radius 1 is 0.865 bits per heavy atom. The lowest BCUT2D eigenvalue weighted by molar-refractivity contribution is -0.133. The van der Waals surface area contributed by atoms with Crippen LogP contribution in [0.3, 0.4) is 0 Å². The van der Waals surface area contributed by atoms with Crippen molar-refractivity contribution < 1.29 is 9.18 Å². The predicted molar refractivity (Wildman–Crippen MR) is 147 cm³/mol. The van der Waals surface area contributed by atoms with Gasteiger partial charge in [0.05, 0.1) is 6.54 Å². The van der Waals surface area contributed by atoms with Gasteiger partial charge in [-0.1, -0.05) is 35.4 Å². The summed E-state index contributed by atoms with van der Waals surface area (Å²) in [6.07, 6.45) is 3.62. The molecule has 4 aromatic rings. The van der Waals surface area contributed by atoms with E-state index in [9.17, 15) is 9.18 Å². The molecule has 0 unspecified atom stereocenters. The van der Waals surface area contributed by atoms with Crippen molar-refractivity contribution in [1.29, 1.82) is 0 Å². The molecule has 0 radical (unpaired) electrons. The van der Waals surface area contributed by atoms with Crippen LogP contribution < -0.4 is 10.6 Å². The third-order valence-corrected chi connectivity index (χ3v) is 6.43. The minimum absolute atomic E-state index is 0.0741. The monoisotopic (exact) mass is 495 g/mol. The summed E-state index contributed by atoms with van der Waals surface area (Å²) in [6, 6.07) is 22.3. The molecule has 3 aromatic carbocycles. The Bertz CT molecular complexity index is 1450. The van der Waals surface area contributed by atoms with E-state index in [1.165, 1.54) is 12.1 Å². The quantitative estimate of drug-likeness (QED) is 0.312. The number of hydrogen-bond donors (Lipinski definition) is 2. The largest absolute Gasteiger partial charge is 0.372 e. The molecule has 0 saturated carbocycles. The molecule has 7 heteroatoms. The maximum atomic E-state index is 13.6. The van der Waals surface area contributed by atoms with Crippen LogP contribution in [0.2, 0.25) is 0 Å². The van der Waals surface area contributed by atoms with Crippen molar-refractivity contribution in [2.45, 2.75) is 39.8 Å². The van der Waals surface area contributed by atoms with Gasteiger partial charge in [-0.3, -0.25) is 9.36 Å². The summed E-state index contributed by atoms with van der Waals surface area (Å²) < 4.78 is 15.6. The summed E-state index contributed by atoms with van der Waals surface area (Å²) in [5.74, 6) is 1.08. The van der Waals surface area contributed by atoms with Crippen LogP contribution in [0.4, 0.5) is 21.6 Å². The Morgan fingerprint density at radius 2 is 1.46 bits per heavy atom. The molecular formula is C30H30FN5O. The van der Waals surface area contributed by atoms with E-state index in [4.69, 9.17) is 4.98 Å². The van der Waals surface area contributed by atoms with Crippen molar-refractivity contribution >= 4 is 29.3 Å². The molecule has 0 bridgehead atoms. The molecule has 1 aliphatic heterocycles. The Balaban J connectivity index is 1.45. The van der Waals surface area contributed by atoms with Gasteiger partial charge in [-0.15, -0.1) is 0 Å². The van der Waals surface area contributed by atoms with Crippen molar-refractivity contribution in [2.75, 3.05) is 10.6 Å². The van der Waals surface area contributed by atoms with E-state index in [1.807, 2.05) is 87.0 Å². The molecule has 1 aromatic heterocycles. The highest BCUT2D eigenvalue weighted by atomic mass is 19.1. The minimum Gasteiger partial charge on any atom is -0.372 e. The molecule has 0 spiro atoms. The van der Waals surface area contributed by atoms with Gasteiger partial charge in [-0.2, -0.15) is 0 Å². The number of hydrogen-bond acceptors (Lipinski definition) is 4. The smallest absolute Gasteiger partial charge is 0.252 e. The lowest BCUT2D eigenvalue weighted by Crippen LogP contribution is -2.48. The molecule has 5 rings (SSSR count). The fourth-order valence-corrected chi connectivity index (χ4v) is 4.36. The SMILES string of the molecule is Cc1ccc(Nc2c(-c3ccc(F)cc3)nc3n2C=CN(C(=O)C(C)(C)Nc2ccc(C)cc2)C3)cc1. The molecule has 0 aliphatic carbocycles. The normalized spacial score (nSPS) is 12.8. The van der Waals surface area contributed by atoms with Gasteiger partial charge < -0.3 is 15.5 Å². The number of nitrogens with one attached hydrogen (secondary N) is 2. The second-order valence-electron chi connectivity index (χ2n) is 9.94. The van der Waals surface area contributed by atoms with Gasteiger partial charge in [-0.25, -0.2) is 9.37 Å². The molecule has 0 atom stereocenters. The second-order valence-corrected chi connectivity index (χ2v) is 9.94. The molecule has 188 valence electrons. The standard InChI is InChI=1S/C30H30FN5O/c1-20-5-13-24(14-6-20)32-28-27(22-9-11-23(31)12-10-22)33-26-19-35(17-18-36(26)28)29(37)30(3,4)34-25-15-7-21(2)8-16-25/h5-18,32,34H,19H2,1-4H3. The summed E-state index contributed by atoms with van der Waals surface area (Å²) in [5, 5.41) is 6.82. The maximum Gasteiger partial charge on any atom is 0.252 e. The summed E-state index contributed by atoms with van der Waals surface area (Å²) in [7, 11) is 0. The Kier molecular flexibility index (Phi) is 6.29. The first-order valence-electron chi connectivity index (χ1n) is 12.2. The highest BCUT2D eigenvalue weighted by Crippen LogP contribution is 2.34. The Morgan fingerprint density at radius 3 is 2.08 bits per heavy atom. The van der Waals surface area contributed by atoms with Crippen LogP contribution in [0, 0.1) is 19.7 Å². The van der Waals surface area contributed by atoms with E-state index < -0.39 is 5.54 Å². The van der Waals surface area contributed by atoms with Gasteiger partial charge in [0, 0.05) is 29.3 Å². The highest BCUT2D eigenvalue weighted by molar-refractivity contribution is 5.90. The number of aromatic nitrogens is 2. The van der Waals surface area contributed by atoms with Gasteiger partial charge in [0.2, 0.25) is 0 Å². The number of carbonyl (C=O) groups excluding carboxylic acids is 1. The van der Waals surface area contributed by atoms with Crippen LogP contribution in [0.15, 0.2) is 79.0 Å². The number of fused-ring (bicyclic) bond motifs is 1. The number of halogens is 1. The predicted octanol–water partition coefficient (Wildman–Crippen LogP) is 6.71. The third-order valence-electron chi connectivity index (χ3n) is 6.43. The van der Waals surface area contributed by atoms with E-state index in [0.29, 0.717) is 18.1 Å². The van der Waals surface area contributed by atoms with Gasteiger partial charge >= 0.3 is 0 Å². The number of anilines is 3. The Labute approximate surface area is 216 Å². The van der Waals surface area contributed by atoms with Crippen LogP contribution >= 0.6 is 0 Å². The first-order valence-corrected chi connectivity index (χ1v) is 12.2. The summed E-state index contributed by atoms with van der Waals surface area (Å²) >= 11 is 0. The van der Waals surface area contributed by atoms with Crippen molar-refractivity contribution in [3.8, 4) is 11.3 Å². The zero-order valence-corrected chi connectivity index (χ0v) is 21.4. The van der Waals surface area contributed by atoms with E-state index in [0.717, 1.165) is 33.9 Å². The van der Waals surface area contributed by atoms with Crippen LogP contribution in [-0.4, -0.2) is 25.9 Å². The van der Waals surface area contributed by atoms with Crippen molar-refractivity contribution in [2.24, 2.45) is 0 Å². The first-order chi connectivity index (χ1) is 17.7. The van der Waals surface area contributed by atoms with Gasteiger partial charge in [0.15, 0.2) is 0 Å². The summed E-state index contributed by atoms with van der Waals surface area (Å²) in [6.45, 7) is 8.12. The number of amides is 1. The third kappa shape index (κ3) is 5.11. The number of nitrogens with zero attached hydrogens (tertiary/aromatic N) is 3. The molecular weight excluding hydrogens is 465 g/mol. The van der Waals surface area contributed by atoms with Gasteiger partial charge in [0.1, 0.15) is 28.7 Å². The molecule has 2 heterocycles. The van der Waals surface area contributed by atoms with E-state index >= 15 is 0 Å². The average Bonchev–Trinajstić information content (AvgIpc) is 3.24. The summed E-state index contributed by atoms with van der Waals surface area (Å²) in [4.78, 5) is 20.1. The molecule has 1 aliphatic rings. The fourth-order valence-electron chi connectivity index (χ4n) is 4.36. The topological polar surface area (TPSA) is 62.2 Å². The maximum absolute atomic E-state index is 13.6. The van der Waals surface area contributed by atoms with E-state index in [-0.39, 0.29) is 11.7 Å². The number of benzene rings is 3. The molecule has 0 fully saturated rings. The molecule has 6 nitrogen and oxygen atoms in total. The number of imidazole rings is 1. The van der Waals surface area contributed by atoms with Gasteiger partial charge in [-0.05, 0) is 76.2 Å². The number of carbonyl (C=O) groups is 1. The van der Waals surface area contributed by atoms with Crippen molar-refractivity contribution in [1.82, 2.24) is 14.5 Å². The molecule has 37 heavy (non-hydrogen) atoms. The average molecular weight is 496 g/mol. The van der Waals surface area contributed by atoms with Crippen LogP contribution in [0.25, 0.3) is 17.5 Å². The van der Waals surface area contributed by atoms with Crippen LogP contribution in [0.1, 0.15) is 30.8 Å². The zero-order chi connectivity index (χ0) is 26.2. The lowest BCUT2D eigenvalue weighted by Gasteiger charge is -2.32. The van der Waals surface area contributed by atoms with Crippen LogP contribution in [0.5, 0.6) is 0 Å². The lowest BCUT2D eigenvalue weighted by atomic mass is 10.0. The van der Waals surface area contributed by atoms with Crippen molar-refractivity contribution in [3.63, 3.8) is 0 Å². The zero-order valence-electron chi connectivity index (χ0n) is 21.4. The molecule has 0 saturated heterocycles. The van der Waals surface area contributed by atoms with E-state index in [1.54, 1.807) is 23.2 Å². The highest BCUT2D eigenvalue weighted by Gasteiger charge is 2.34. The summed E-state index contributed by atoms with van der Waals surface area (Å²) in [5.41, 5.74) is 4.75. The first kappa shape index (κ1) is 24.3. The molecule has 1 amide bonds. The number of aryl methyl sites for hydroxylation is 2. The second kappa shape index (κ2) is 9.58. The Hall–Kier alpha value is -4.39.